The topological polar surface area (TPSA) is 0 Å². The first-order valence-corrected chi connectivity index (χ1v) is 10.2. The van der Waals surface area contributed by atoms with Crippen LogP contribution >= 0.6 is 11.8 Å². The maximum Gasteiger partial charge on any atom is 0.0557 e. The molecular weight excluding hydrogens is 332 g/mol. The van der Waals surface area contributed by atoms with E-state index < -0.39 is 0 Å². The fourth-order valence-electron chi connectivity index (χ4n) is 3.51. The largest absolute Gasteiger partial charge is 0.113 e. The molecule has 0 N–H and O–H groups in total. The molecule has 4 rings (SSSR count). The molecule has 0 saturated heterocycles. The van der Waals surface area contributed by atoms with Gasteiger partial charge in [-0.25, -0.2) is 0 Å². The second-order valence-electron chi connectivity index (χ2n) is 7.14. The Morgan fingerprint density at radius 3 is 2.12 bits per heavy atom. The maximum atomic E-state index is 2.42. The molecule has 1 heteroatoms. The van der Waals surface area contributed by atoms with Crippen molar-refractivity contribution in [3.05, 3.63) is 106 Å². The molecule has 0 saturated carbocycles. The molecule has 0 aliphatic heterocycles. The molecule has 1 aliphatic carbocycles. The molecule has 0 radical (unpaired) electrons. The van der Waals surface area contributed by atoms with Gasteiger partial charge in [0.05, 0.1) is 5.25 Å². The van der Waals surface area contributed by atoms with E-state index in [0.717, 1.165) is 12.8 Å². The van der Waals surface area contributed by atoms with E-state index in [-0.39, 0.29) is 0 Å². The molecule has 26 heavy (non-hydrogen) atoms. The minimum atomic E-state index is 0.367. The van der Waals surface area contributed by atoms with Crippen LogP contribution in [0.3, 0.4) is 0 Å². The van der Waals surface area contributed by atoms with Crippen LogP contribution in [0.2, 0.25) is 0 Å². The van der Waals surface area contributed by atoms with Crippen LogP contribution in [0, 0.1) is 13.8 Å². The first kappa shape index (κ1) is 17.2. The van der Waals surface area contributed by atoms with E-state index in [1.165, 1.54) is 38.3 Å². The van der Waals surface area contributed by atoms with Crippen molar-refractivity contribution in [3.8, 4) is 0 Å². The number of benzene rings is 3. The van der Waals surface area contributed by atoms with E-state index in [4.69, 9.17) is 0 Å². The first-order chi connectivity index (χ1) is 12.7. The predicted octanol–water partition coefficient (Wildman–Crippen LogP) is 7.17. The average molecular weight is 357 g/mol. The Kier molecular flexibility index (Phi) is 4.99. The van der Waals surface area contributed by atoms with Crippen LogP contribution in [-0.2, 0) is 6.42 Å². The van der Waals surface area contributed by atoms with Gasteiger partial charge < -0.3 is 0 Å². The molecule has 0 bridgehead atoms. The molecule has 0 heterocycles. The highest BCUT2D eigenvalue weighted by Crippen LogP contribution is 2.44. The first-order valence-electron chi connectivity index (χ1n) is 9.27. The van der Waals surface area contributed by atoms with E-state index in [0.29, 0.717) is 5.25 Å². The fourth-order valence-corrected chi connectivity index (χ4v) is 4.71. The van der Waals surface area contributed by atoms with Crippen molar-refractivity contribution >= 4 is 17.8 Å². The Hall–Kier alpha value is -2.25. The molecule has 0 amide bonds. The lowest BCUT2D eigenvalue weighted by atomic mass is 9.89. The lowest BCUT2D eigenvalue weighted by Crippen LogP contribution is -2.06. The lowest BCUT2D eigenvalue weighted by molar-refractivity contribution is 0.879. The van der Waals surface area contributed by atoms with Crippen molar-refractivity contribution in [1.29, 1.82) is 0 Å². The molecule has 130 valence electrons. The van der Waals surface area contributed by atoms with Gasteiger partial charge in [0, 0.05) is 4.90 Å². The molecule has 1 atom stereocenters. The minimum Gasteiger partial charge on any atom is -0.113 e. The molecule has 1 unspecified atom stereocenters. The summed E-state index contributed by atoms with van der Waals surface area (Å²) >= 11 is 1.97. The summed E-state index contributed by atoms with van der Waals surface area (Å²) < 4.78 is 0. The van der Waals surface area contributed by atoms with Gasteiger partial charge >= 0.3 is 0 Å². The number of hydrogen-bond acceptors (Lipinski definition) is 1. The third-order valence-corrected chi connectivity index (χ3v) is 6.43. The quantitative estimate of drug-likeness (QED) is 0.447. The van der Waals surface area contributed by atoms with Gasteiger partial charge in [-0.15, -0.1) is 11.8 Å². The van der Waals surface area contributed by atoms with Gasteiger partial charge in [0.2, 0.25) is 0 Å². The van der Waals surface area contributed by atoms with E-state index in [1.54, 1.807) is 0 Å². The van der Waals surface area contributed by atoms with Gasteiger partial charge in [-0.1, -0.05) is 83.4 Å². The SMILES string of the molecule is Cc1ccc(SC(C2=Cc3ccccc3CC2)c2ccc(C)cc2)cc1. The standard InChI is InChI=1S/C25H24S/c1-18-7-11-21(12-8-18)25(26-24-15-9-19(2)10-16-24)23-14-13-20-5-3-4-6-22(20)17-23/h3-12,15-17,25H,13-14H2,1-2H3. The third-order valence-electron chi connectivity index (χ3n) is 5.07. The summed E-state index contributed by atoms with van der Waals surface area (Å²) in [6.07, 6.45) is 4.69. The summed E-state index contributed by atoms with van der Waals surface area (Å²) in [7, 11) is 0. The van der Waals surface area contributed by atoms with Crippen LogP contribution in [-0.4, -0.2) is 0 Å². The van der Waals surface area contributed by atoms with E-state index in [1.807, 2.05) is 11.8 Å². The molecule has 0 nitrogen and oxygen atoms in total. The molecular formula is C25H24S. The van der Waals surface area contributed by atoms with E-state index in [9.17, 15) is 0 Å². The minimum absolute atomic E-state index is 0.367. The van der Waals surface area contributed by atoms with Crippen LogP contribution in [0.1, 0.15) is 39.5 Å². The van der Waals surface area contributed by atoms with Gasteiger partial charge in [-0.05, 0) is 55.5 Å². The van der Waals surface area contributed by atoms with Crippen LogP contribution in [0.4, 0.5) is 0 Å². The maximum absolute atomic E-state index is 2.42. The zero-order valence-corrected chi connectivity index (χ0v) is 16.2. The normalized spacial score (nSPS) is 14.5. The van der Waals surface area contributed by atoms with Crippen molar-refractivity contribution in [2.45, 2.75) is 36.8 Å². The highest BCUT2D eigenvalue weighted by molar-refractivity contribution is 7.99. The molecule has 0 spiro atoms. The summed E-state index contributed by atoms with van der Waals surface area (Å²) in [5, 5.41) is 0.367. The predicted molar refractivity (Wildman–Crippen MR) is 114 cm³/mol. The zero-order valence-electron chi connectivity index (χ0n) is 15.4. The average Bonchev–Trinajstić information content (AvgIpc) is 2.68. The van der Waals surface area contributed by atoms with Crippen molar-refractivity contribution < 1.29 is 0 Å². The van der Waals surface area contributed by atoms with E-state index >= 15 is 0 Å². The summed E-state index contributed by atoms with van der Waals surface area (Å²) in [5.74, 6) is 0. The van der Waals surface area contributed by atoms with E-state index in [2.05, 4.69) is 92.7 Å². The van der Waals surface area contributed by atoms with Crippen molar-refractivity contribution in [1.82, 2.24) is 0 Å². The lowest BCUT2D eigenvalue weighted by Gasteiger charge is -2.25. The third kappa shape index (κ3) is 3.78. The zero-order chi connectivity index (χ0) is 17.9. The van der Waals surface area contributed by atoms with Gasteiger partial charge in [0.25, 0.3) is 0 Å². The second-order valence-corrected chi connectivity index (χ2v) is 8.32. The number of thioether (sulfide) groups is 1. The van der Waals surface area contributed by atoms with Crippen LogP contribution in [0.5, 0.6) is 0 Å². The summed E-state index contributed by atoms with van der Waals surface area (Å²) in [4.78, 5) is 1.33. The Balaban J connectivity index is 1.72. The molecule has 0 aromatic heterocycles. The number of fused-ring (bicyclic) bond motifs is 1. The van der Waals surface area contributed by atoms with Gasteiger partial charge in [-0.3, -0.25) is 0 Å². The number of rotatable bonds is 4. The van der Waals surface area contributed by atoms with Gasteiger partial charge in [-0.2, -0.15) is 0 Å². The summed E-state index contributed by atoms with van der Waals surface area (Å²) in [6.45, 7) is 4.30. The molecule has 0 fully saturated rings. The van der Waals surface area contributed by atoms with Gasteiger partial charge in [0.15, 0.2) is 0 Å². The van der Waals surface area contributed by atoms with Crippen LogP contribution < -0.4 is 0 Å². The van der Waals surface area contributed by atoms with Crippen molar-refractivity contribution in [3.63, 3.8) is 0 Å². The Bertz CT molecular complexity index is 917. The highest BCUT2D eigenvalue weighted by atomic mass is 32.2. The summed E-state index contributed by atoms with van der Waals surface area (Å²) in [5.41, 5.74) is 8.40. The number of hydrogen-bond donors (Lipinski definition) is 0. The van der Waals surface area contributed by atoms with Crippen molar-refractivity contribution in [2.75, 3.05) is 0 Å². The van der Waals surface area contributed by atoms with Crippen LogP contribution in [0.25, 0.3) is 6.08 Å². The molecule has 3 aromatic rings. The summed E-state index contributed by atoms with van der Waals surface area (Å²) in [6, 6.07) is 26.8. The Morgan fingerprint density at radius 2 is 1.38 bits per heavy atom. The Morgan fingerprint density at radius 1 is 0.731 bits per heavy atom. The van der Waals surface area contributed by atoms with Gasteiger partial charge in [0.1, 0.15) is 0 Å². The highest BCUT2D eigenvalue weighted by Gasteiger charge is 2.21. The fraction of sp³-hybridized carbons (Fsp3) is 0.200. The second kappa shape index (κ2) is 7.55. The monoisotopic (exact) mass is 356 g/mol. The van der Waals surface area contributed by atoms with Crippen LogP contribution in [0.15, 0.2) is 83.3 Å². The number of aryl methyl sites for hydroxylation is 3. The molecule has 1 aliphatic rings. The smallest absolute Gasteiger partial charge is 0.0557 e. The van der Waals surface area contributed by atoms with Crippen molar-refractivity contribution in [2.24, 2.45) is 0 Å². The molecule has 3 aromatic carbocycles. The Labute approximate surface area is 161 Å².